The average molecular weight is 509 g/mol. The van der Waals surface area contributed by atoms with Gasteiger partial charge in [0.2, 0.25) is 5.91 Å². The third-order valence-electron chi connectivity index (χ3n) is 4.34. The molecule has 0 radical (unpaired) electrons. The average Bonchev–Trinajstić information content (AvgIpc) is 3.17. The highest BCUT2D eigenvalue weighted by molar-refractivity contribution is 9.10. The molecule has 10 heteroatoms. The van der Waals surface area contributed by atoms with Gasteiger partial charge in [-0.1, -0.05) is 39.8 Å². The summed E-state index contributed by atoms with van der Waals surface area (Å²) in [5, 5.41) is 11.6. The summed E-state index contributed by atoms with van der Waals surface area (Å²) in [7, 11) is 1.58. The minimum Gasteiger partial charge on any atom is -0.493 e. The molecule has 0 bridgehead atoms. The third-order valence-corrected chi connectivity index (χ3v) is 5.80. The lowest BCUT2D eigenvalue weighted by Gasteiger charge is -2.17. The highest BCUT2D eigenvalue weighted by atomic mass is 79.9. The summed E-state index contributed by atoms with van der Waals surface area (Å²) in [6.45, 7) is 4.44. The SMILES string of the molecule is CCn1c(SCC(=O)Nc2ccc(Br)cc2F)nnc1C(C)Oc1ccccc1OC. The zero-order valence-corrected chi connectivity index (χ0v) is 19.7. The van der Waals surface area contributed by atoms with Crippen molar-refractivity contribution < 1.29 is 18.7 Å². The molecule has 3 aromatic rings. The number of rotatable bonds is 9. The molecule has 3 rings (SSSR count). The molecule has 0 saturated heterocycles. The number of hydrogen-bond donors (Lipinski definition) is 1. The lowest BCUT2D eigenvalue weighted by atomic mass is 10.3. The highest BCUT2D eigenvalue weighted by Gasteiger charge is 2.20. The smallest absolute Gasteiger partial charge is 0.234 e. The number of para-hydroxylation sites is 2. The van der Waals surface area contributed by atoms with E-state index in [0.29, 0.717) is 33.5 Å². The van der Waals surface area contributed by atoms with E-state index in [-0.39, 0.29) is 23.5 Å². The first kappa shape index (κ1) is 23.1. The minimum absolute atomic E-state index is 0.0649. The van der Waals surface area contributed by atoms with Gasteiger partial charge in [0, 0.05) is 11.0 Å². The number of methoxy groups -OCH3 is 1. The molecular formula is C21H22BrFN4O3S. The summed E-state index contributed by atoms with van der Waals surface area (Å²) < 4.78 is 27.8. The number of hydrogen-bond acceptors (Lipinski definition) is 6. The second kappa shape index (κ2) is 10.6. The lowest BCUT2D eigenvalue weighted by molar-refractivity contribution is -0.113. The molecule has 7 nitrogen and oxygen atoms in total. The number of aromatic nitrogens is 3. The van der Waals surface area contributed by atoms with E-state index in [4.69, 9.17) is 9.47 Å². The topological polar surface area (TPSA) is 78.3 Å². The number of halogens is 2. The maximum atomic E-state index is 13.9. The number of benzene rings is 2. The van der Waals surface area contributed by atoms with E-state index in [9.17, 15) is 9.18 Å². The van der Waals surface area contributed by atoms with Gasteiger partial charge in [0.1, 0.15) is 5.82 Å². The minimum atomic E-state index is -0.506. The van der Waals surface area contributed by atoms with Crippen molar-refractivity contribution in [2.75, 3.05) is 18.2 Å². The van der Waals surface area contributed by atoms with Crippen molar-refractivity contribution in [2.24, 2.45) is 0 Å². The molecule has 0 aliphatic heterocycles. The van der Waals surface area contributed by atoms with Crippen LogP contribution in [0.25, 0.3) is 0 Å². The first-order valence-electron chi connectivity index (χ1n) is 9.53. The molecule has 1 N–H and O–H groups in total. The third kappa shape index (κ3) is 5.76. The Morgan fingerprint density at radius 1 is 1.26 bits per heavy atom. The van der Waals surface area contributed by atoms with Gasteiger partial charge in [0.25, 0.3) is 0 Å². The zero-order valence-electron chi connectivity index (χ0n) is 17.3. The molecule has 0 aliphatic rings. The quantitative estimate of drug-likeness (QED) is 0.406. The van der Waals surface area contributed by atoms with E-state index >= 15 is 0 Å². The van der Waals surface area contributed by atoms with Crippen molar-refractivity contribution in [3.05, 3.63) is 58.6 Å². The number of thioether (sulfide) groups is 1. The number of carbonyl (C=O) groups is 1. The molecule has 0 saturated carbocycles. The number of carbonyl (C=O) groups excluding carboxylic acids is 1. The van der Waals surface area contributed by atoms with Crippen molar-refractivity contribution in [3.63, 3.8) is 0 Å². The monoisotopic (exact) mass is 508 g/mol. The van der Waals surface area contributed by atoms with Gasteiger partial charge in [0.05, 0.1) is 18.6 Å². The Bertz CT molecular complexity index is 1060. The van der Waals surface area contributed by atoms with Gasteiger partial charge in [-0.15, -0.1) is 10.2 Å². The molecular weight excluding hydrogens is 487 g/mol. The Hall–Kier alpha value is -2.59. The fraction of sp³-hybridized carbons (Fsp3) is 0.286. The Labute approximate surface area is 192 Å². The Morgan fingerprint density at radius 2 is 2.00 bits per heavy atom. The van der Waals surface area contributed by atoms with E-state index in [1.165, 1.54) is 23.9 Å². The van der Waals surface area contributed by atoms with Crippen LogP contribution >= 0.6 is 27.7 Å². The number of nitrogens with one attached hydrogen (secondary N) is 1. The van der Waals surface area contributed by atoms with Crippen LogP contribution in [0.3, 0.4) is 0 Å². The molecule has 31 heavy (non-hydrogen) atoms. The largest absolute Gasteiger partial charge is 0.493 e. The van der Waals surface area contributed by atoms with Crippen LogP contribution in [-0.4, -0.2) is 33.5 Å². The van der Waals surface area contributed by atoms with Gasteiger partial charge < -0.3 is 19.4 Å². The van der Waals surface area contributed by atoms with Crippen molar-refractivity contribution in [2.45, 2.75) is 31.7 Å². The molecule has 1 atom stereocenters. The second-order valence-corrected chi connectivity index (χ2v) is 8.32. The van der Waals surface area contributed by atoms with Gasteiger partial charge in [-0.25, -0.2) is 4.39 Å². The van der Waals surface area contributed by atoms with Gasteiger partial charge in [-0.3, -0.25) is 4.79 Å². The molecule has 0 fully saturated rings. The zero-order chi connectivity index (χ0) is 22.4. The molecule has 164 valence electrons. The summed E-state index contributed by atoms with van der Waals surface area (Å²) in [5.41, 5.74) is 0.130. The van der Waals surface area contributed by atoms with Gasteiger partial charge in [-0.05, 0) is 44.2 Å². The Morgan fingerprint density at radius 3 is 2.68 bits per heavy atom. The number of amides is 1. The molecule has 2 aromatic carbocycles. The van der Waals surface area contributed by atoms with Crippen LogP contribution in [-0.2, 0) is 11.3 Å². The fourth-order valence-electron chi connectivity index (χ4n) is 2.87. The lowest BCUT2D eigenvalue weighted by Crippen LogP contribution is -2.16. The molecule has 0 aliphatic carbocycles. The first-order chi connectivity index (χ1) is 14.9. The molecule has 1 unspecified atom stereocenters. The van der Waals surface area contributed by atoms with Crippen LogP contribution in [0.4, 0.5) is 10.1 Å². The maximum absolute atomic E-state index is 13.9. The van der Waals surface area contributed by atoms with Crippen molar-refractivity contribution in [3.8, 4) is 11.5 Å². The van der Waals surface area contributed by atoms with E-state index in [0.717, 1.165) is 0 Å². The molecule has 1 heterocycles. The molecule has 1 aromatic heterocycles. The summed E-state index contributed by atoms with van der Waals surface area (Å²) >= 11 is 4.42. The standard InChI is InChI=1S/C21H22BrFN4O3S/c1-4-27-20(13(2)30-18-8-6-5-7-17(18)29-3)25-26-21(27)31-12-19(28)24-16-10-9-14(22)11-15(16)23/h5-11,13H,4,12H2,1-3H3,(H,24,28). The summed E-state index contributed by atoms with van der Waals surface area (Å²) in [4.78, 5) is 12.3. The van der Waals surface area contributed by atoms with E-state index in [1.54, 1.807) is 13.2 Å². The van der Waals surface area contributed by atoms with Gasteiger partial charge >= 0.3 is 0 Å². The molecule has 0 spiro atoms. The summed E-state index contributed by atoms with van der Waals surface area (Å²) in [6.07, 6.45) is -0.385. The van der Waals surface area contributed by atoms with Crippen LogP contribution < -0.4 is 14.8 Å². The second-order valence-electron chi connectivity index (χ2n) is 6.46. The van der Waals surface area contributed by atoms with Crippen molar-refractivity contribution in [1.82, 2.24) is 14.8 Å². The maximum Gasteiger partial charge on any atom is 0.234 e. The summed E-state index contributed by atoms with van der Waals surface area (Å²) in [6, 6.07) is 11.8. The highest BCUT2D eigenvalue weighted by Crippen LogP contribution is 2.31. The predicted molar refractivity (Wildman–Crippen MR) is 121 cm³/mol. The summed E-state index contributed by atoms with van der Waals surface area (Å²) in [5.74, 6) is 1.09. The van der Waals surface area contributed by atoms with E-state index in [1.807, 2.05) is 42.7 Å². The number of nitrogens with zero attached hydrogens (tertiary/aromatic N) is 3. The van der Waals surface area contributed by atoms with Crippen LogP contribution in [0.5, 0.6) is 11.5 Å². The van der Waals surface area contributed by atoms with Crippen molar-refractivity contribution in [1.29, 1.82) is 0 Å². The van der Waals surface area contributed by atoms with E-state index < -0.39 is 5.82 Å². The van der Waals surface area contributed by atoms with Gasteiger partial charge in [0.15, 0.2) is 28.6 Å². The number of ether oxygens (including phenoxy) is 2. The first-order valence-corrected chi connectivity index (χ1v) is 11.3. The van der Waals surface area contributed by atoms with Crippen LogP contribution in [0.2, 0.25) is 0 Å². The van der Waals surface area contributed by atoms with Crippen LogP contribution in [0.15, 0.2) is 52.1 Å². The van der Waals surface area contributed by atoms with Gasteiger partial charge in [-0.2, -0.15) is 0 Å². The normalized spacial score (nSPS) is 11.8. The van der Waals surface area contributed by atoms with Crippen LogP contribution in [0.1, 0.15) is 25.8 Å². The Kier molecular flexibility index (Phi) is 7.91. The number of anilines is 1. The Balaban J connectivity index is 1.66. The van der Waals surface area contributed by atoms with Crippen LogP contribution in [0, 0.1) is 5.82 Å². The fourth-order valence-corrected chi connectivity index (χ4v) is 4.01. The molecule has 1 amide bonds. The predicted octanol–water partition coefficient (Wildman–Crippen LogP) is 5.08. The van der Waals surface area contributed by atoms with Crippen molar-refractivity contribution >= 4 is 39.3 Å². The van der Waals surface area contributed by atoms with E-state index in [2.05, 4.69) is 31.4 Å².